The molecule has 156 valence electrons. The second kappa shape index (κ2) is 9.32. The van der Waals surface area contributed by atoms with Gasteiger partial charge in [-0.15, -0.1) is 0 Å². The molecular formula is C20H23F2N3O3S. The zero-order valence-electron chi connectivity index (χ0n) is 15.9. The number of aryl methyl sites for hydroxylation is 1. The van der Waals surface area contributed by atoms with Gasteiger partial charge in [0.1, 0.15) is 16.5 Å². The molecule has 1 aliphatic rings. The van der Waals surface area contributed by atoms with Gasteiger partial charge in [-0.25, -0.2) is 22.0 Å². The van der Waals surface area contributed by atoms with Crippen LogP contribution in [-0.2, 0) is 16.4 Å². The van der Waals surface area contributed by atoms with Gasteiger partial charge in [-0.05, 0) is 36.6 Å². The number of nitrogens with one attached hydrogen (secondary N) is 1. The lowest BCUT2D eigenvalue weighted by atomic mass is 10.1. The van der Waals surface area contributed by atoms with Gasteiger partial charge in [-0.3, -0.25) is 0 Å². The number of nitrogens with zero attached hydrogens (tertiary/aromatic N) is 2. The lowest BCUT2D eigenvalue weighted by Crippen LogP contribution is -2.53. The number of carbonyl (C=O) groups is 1. The molecule has 29 heavy (non-hydrogen) atoms. The Bertz CT molecular complexity index is 947. The number of hydrogen-bond donors (Lipinski definition) is 1. The minimum Gasteiger partial charge on any atom is -0.338 e. The molecule has 0 atom stereocenters. The second-order valence-corrected chi connectivity index (χ2v) is 8.69. The number of rotatable bonds is 6. The summed E-state index contributed by atoms with van der Waals surface area (Å²) in [6, 6.07) is 12.0. The Morgan fingerprint density at radius 3 is 2.38 bits per heavy atom. The predicted molar refractivity (Wildman–Crippen MR) is 105 cm³/mol. The largest absolute Gasteiger partial charge is 0.338 e. The minimum absolute atomic E-state index is 0.0235. The van der Waals surface area contributed by atoms with Crippen LogP contribution in [0.25, 0.3) is 0 Å². The number of urea groups is 1. The van der Waals surface area contributed by atoms with E-state index in [1.165, 1.54) is 10.5 Å². The molecule has 0 radical (unpaired) electrons. The molecule has 9 heteroatoms. The van der Waals surface area contributed by atoms with Crippen molar-refractivity contribution in [2.24, 2.45) is 0 Å². The molecule has 1 heterocycles. The Morgan fingerprint density at radius 2 is 1.69 bits per heavy atom. The predicted octanol–water partition coefficient (Wildman–Crippen LogP) is 2.61. The normalized spacial score (nSPS) is 15.3. The van der Waals surface area contributed by atoms with Crippen molar-refractivity contribution < 1.29 is 22.0 Å². The fourth-order valence-electron chi connectivity index (χ4n) is 3.19. The molecule has 6 nitrogen and oxygen atoms in total. The topological polar surface area (TPSA) is 69.7 Å². The number of hydrogen-bond acceptors (Lipinski definition) is 3. The van der Waals surface area contributed by atoms with Crippen molar-refractivity contribution in [3.8, 4) is 0 Å². The molecule has 0 saturated carbocycles. The highest BCUT2D eigenvalue weighted by Crippen LogP contribution is 2.21. The summed E-state index contributed by atoms with van der Waals surface area (Å²) in [4.78, 5) is 13.1. The minimum atomic E-state index is -4.16. The average molecular weight is 423 g/mol. The maximum absolute atomic E-state index is 13.9. The molecule has 3 rings (SSSR count). The first-order valence-electron chi connectivity index (χ1n) is 9.40. The lowest BCUT2D eigenvalue weighted by Gasteiger charge is -2.34. The fraction of sp³-hybridized carbons (Fsp3) is 0.350. The van der Waals surface area contributed by atoms with Crippen LogP contribution < -0.4 is 5.32 Å². The highest BCUT2D eigenvalue weighted by atomic mass is 32.2. The first kappa shape index (κ1) is 21.2. The molecule has 1 fully saturated rings. The van der Waals surface area contributed by atoms with Gasteiger partial charge in [0.05, 0.1) is 0 Å². The zero-order valence-corrected chi connectivity index (χ0v) is 16.7. The van der Waals surface area contributed by atoms with Gasteiger partial charge in [0.2, 0.25) is 10.0 Å². The van der Waals surface area contributed by atoms with Gasteiger partial charge < -0.3 is 10.2 Å². The van der Waals surface area contributed by atoms with E-state index in [9.17, 15) is 22.0 Å². The van der Waals surface area contributed by atoms with Crippen molar-refractivity contribution in [3.63, 3.8) is 0 Å². The summed E-state index contributed by atoms with van der Waals surface area (Å²) in [6.07, 6.45) is 1.65. The standard InChI is InChI=1S/C20H23F2N3O3S/c21-17-8-9-18(22)19(15-17)29(27,28)25-13-11-24(12-14-25)20(26)23-10-4-7-16-5-2-1-3-6-16/h1-3,5-6,8-9,15H,4,7,10-14H2,(H,23,26). The fourth-order valence-corrected chi connectivity index (χ4v) is 4.69. The molecule has 0 bridgehead atoms. The molecule has 1 aliphatic heterocycles. The van der Waals surface area contributed by atoms with Gasteiger partial charge in [-0.2, -0.15) is 4.31 Å². The van der Waals surface area contributed by atoms with Gasteiger partial charge in [0.15, 0.2) is 0 Å². The van der Waals surface area contributed by atoms with Crippen molar-refractivity contribution in [2.75, 3.05) is 32.7 Å². The van der Waals surface area contributed by atoms with Crippen LogP contribution in [0.3, 0.4) is 0 Å². The van der Waals surface area contributed by atoms with Crippen molar-refractivity contribution in [3.05, 3.63) is 65.7 Å². The summed E-state index contributed by atoms with van der Waals surface area (Å²) in [7, 11) is -4.16. The number of halogens is 2. The van der Waals surface area contributed by atoms with Crippen molar-refractivity contribution >= 4 is 16.1 Å². The molecule has 0 spiro atoms. The number of carbonyl (C=O) groups excluding carboxylic acids is 1. The maximum Gasteiger partial charge on any atom is 0.317 e. The van der Waals surface area contributed by atoms with E-state index in [0.717, 1.165) is 29.3 Å². The SMILES string of the molecule is O=C(NCCCc1ccccc1)N1CCN(S(=O)(=O)c2cc(F)ccc2F)CC1. The first-order chi connectivity index (χ1) is 13.9. The first-order valence-corrected chi connectivity index (χ1v) is 10.8. The molecule has 1 saturated heterocycles. The smallest absolute Gasteiger partial charge is 0.317 e. The summed E-state index contributed by atoms with van der Waals surface area (Å²) in [6.45, 7) is 0.924. The third-order valence-electron chi connectivity index (χ3n) is 4.80. The summed E-state index contributed by atoms with van der Waals surface area (Å²) < 4.78 is 53.5. The molecular weight excluding hydrogens is 400 g/mol. The van der Waals surface area contributed by atoms with Crippen LogP contribution in [0.2, 0.25) is 0 Å². The van der Waals surface area contributed by atoms with E-state index in [0.29, 0.717) is 12.6 Å². The second-order valence-electron chi connectivity index (χ2n) is 6.79. The molecule has 2 aromatic carbocycles. The quantitative estimate of drug-likeness (QED) is 0.727. The molecule has 0 aromatic heterocycles. The summed E-state index contributed by atoms with van der Waals surface area (Å²) >= 11 is 0. The van der Waals surface area contributed by atoms with Crippen LogP contribution in [-0.4, -0.2) is 56.4 Å². The molecule has 0 unspecified atom stereocenters. The lowest BCUT2D eigenvalue weighted by molar-refractivity contribution is 0.172. The Labute approximate surface area is 169 Å². The van der Waals surface area contributed by atoms with Crippen molar-refractivity contribution in [1.29, 1.82) is 0 Å². The Hall–Kier alpha value is -2.52. The molecule has 2 amide bonds. The summed E-state index contributed by atoms with van der Waals surface area (Å²) in [5.74, 6) is -1.82. The van der Waals surface area contributed by atoms with E-state index >= 15 is 0 Å². The summed E-state index contributed by atoms with van der Waals surface area (Å²) in [5.41, 5.74) is 1.20. The molecule has 1 N–H and O–H groups in total. The van der Waals surface area contributed by atoms with Crippen molar-refractivity contribution in [2.45, 2.75) is 17.7 Å². The van der Waals surface area contributed by atoms with E-state index in [4.69, 9.17) is 0 Å². The Morgan fingerprint density at radius 1 is 1.00 bits per heavy atom. The third-order valence-corrected chi connectivity index (χ3v) is 6.71. The average Bonchev–Trinajstić information content (AvgIpc) is 2.73. The van der Waals surface area contributed by atoms with Gasteiger partial charge in [-0.1, -0.05) is 30.3 Å². The number of benzene rings is 2. The van der Waals surface area contributed by atoms with Crippen LogP contribution in [0.1, 0.15) is 12.0 Å². The summed E-state index contributed by atoms with van der Waals surface area (Å²) in [5, 5.41) is 2.83. The number of sulfonamides is 1. The van der Waals surface area contributed by atoms with Crippen LogP contribution in [0.4, 0.5) is 13.6 Å². The Balaban J connectivity index is 1.48. The molecule has 0 aliphatic carbocycles. The highest BCUT2D eigenvalue weighted by Gasteiger charge is 2.32. The monoisotopic (exact) mass is 423 g/mol. The van der Waals surface area contributed by atoms with E-state index < -0.39 is 26.6 Å². The van der Waals surface area contributed by atoms with E-state index in [2.05, 4.69) is 5.32 Å². The van der Waals surface area contributed by atoms with Crippen molar-refractivity contribution in [1.82, 2.24) is 14.5 Å². The van der Waals surface area contributed by atoms with E-state index in [-0.39, 0.29) is 32.2 Å². The number of amides is 2. The number of piperazine rings is 1. The maximum atomic E-state index is 13.9. The van der Waals surface area contributed by atoms with Gasteiger partial charge >= 0.3 is 6.03 Å². The van der Waals surface area contributed by atoms with Crippen LogP contribution >= 0.6 is 0 Å². The third kappa shape index (κ3) is 5.30. The van der Waals surface area contributed by atoms with E-state index in [1.54, 1.807) is 0 Å². The van der Waals surface area contributed by atoms with Gasteiger partial charge in [0, 0.05) is 32.7 Å². The van der Waals surface area contributed by atoms with Crippen LogP contribution in [0.5, 0.6) is 0 Å². The van der Waals surface area contributed by atoms with Gasteiger partial charge in [0.25, 0.3) is 0 Å². The highest BCUT2D eigenvalue weighted by molar-refractivity contribution is 7.89. The van der Waals surface area contributed by atoms with Crippen LogP contribution in [0, 0.1) is 11.6 Å². The molecule has 2 aromatic rings. The zero-order chi connectivity index (χ0) is 20.9. The van der Waals surface area contributed by atoms with Crippen LogP contribution in [0.15, 0.2) is 53.4 Å². The van der Waals surface area contributed by atoms with E-state index in [1.807, 2.05) is 30.3 Å². The Kier molecular flexibility index (Phi) is 6.81.